The smallest absolute Gasteiger partial charge is 0.387 e. The van der Waals surface area contributed by atoms with Crippen molar-refractivity contribution in [2.24, 2.45) is 0 Å². The van der Waals surface area contributed by atoms with Gasteiger partial charge in [-0.2, -0.15) is 8.78 Å². The van der Waals surface area contributed by atoms with Crippen LogP contribution in [0.2, 0.25) is 0 Å². The minimum absolute atomic E-state index is 0.0591. The highest BCUT2D eigenvalue weighted by atomic mass is 19.3. The molecule has 5 heteroatoms. The van der Waals surface area contributed by atoms with Gasteiger partial charge in [0, 0.05) is 11.3 Å². The molecule has 98 valence electrons. The molecule has 1 aromatic rings. The Kier molecular flexibility index (Phi) is 5.30. The average molecular weight is 255 g/mol. The zero-order chi connectivity index (χ0) is 13.5. The Morgan fingerprint density at radius 1 is 1.39 bits per heavy atom. The van der Waals surface area contributed by atoms with Gasteiger partial charge >= 0.3 is 6.61 Å². The van der Waals surface area contributed by atoms with Crippen LogP contribution in [-0.2, 0) is 4.79 Å². The third kappa shape index (κ3) is 4.53. The maximum atomic E-state index is 11.9. The van der Waals surface area contributed by atoms with Crippen molar-refractivity contribution in [3.63, 3.8) is 0 Å². The van der Waals surface area contributed by atoms with Crippen molar-refractivity contribution < 1.29 is 18.3 Å². The van der Waals surface area contributed by atoms with Gasteiger partial charge in [-0.15, -0.1) is 0 Å². The predicted molar refractivity (Wildman–Crippen MR) is 65.8 cm³/mol. The molecule has 0 heterocycles. The molecule has 0 aliphatic rings. The van der Waals surface area contributed by atoms with Crippen LogP contribution in [-0.4, -0.2) is 12.5 Å². The first-order chi connectivity index (χ1) is 8.52. The van der Waals surface area contributed by atoms with E-state index in [-0.39, 0.29) is 11.7 Å². The zero-order valence-electron chi connectivity index (χ0n) is 10.2. The van der Waals surface area contributed by atoms with Crippen LogP contribution in [0.15, 0.2) is 35.9 Å². The third-order valence-corrected chi connectivity index (χ3v) is 2.21. The van der Waals surface area contributed by atoms with Crippen LogP contribution in [0.4, 0.5) is 14.5 Å². The van der Waals surface area contributed by atoms with Crippen molar-refractivity contribution in [1.82, 2.24) is 0 Å². The van der Waals surface area contributed by atoms with E-state index in [2.05, 4.69) is 10.1 Å². The Morgan fingerprint density at radius 2 is 2.00 bits per heavy atom. The van der Waals surface area contributed by atoms with E-state index in [1.807, 2.05) is 13.0 Å². The largest absolute Gasteiger partial charge is 0.435 e. The van der Waals surface area contributed by atoms with E-state index < -0.39 is 6.61 Å². The summed E-state index contributed by atoms with van der Waals surface area (Å²) in [5, 5.41) is 2.66. The number of carbonyl (C=O) groups is 1. The number of hydrogen-bond acceptors (Lipinski definition) is 2. The molecule has 0 spiro atoms. The van der Waals surface area contributed by atoms with Gasteiger partial charge in [-0.05, 0) is 37.6 Å². The summed E-state index contributed by atoms with van der Waals surface area (Å²) in [5.41, 5.74) is 1.15. The number of anilines is 1. The molecule has 1 N–H and O–H groups in total. The van der Waals surface area contributed by atoms with Crippen LogP contribution in [0.3, 0.4) is 0 Å². The molecule has 0 fully saturated rings. The van der Waals surface area contributed by atoms with Gasteiger partial charge in [0.15, 0.2) is 0 Å². The minimum atomic E-state index is -2.85. The van der Waals surface area contributed by atoms with Crippen LogP contribution in [0.25, 0.3) is 0 Å². The van der Waals surface area contributed by atoms with Gasteiger partial charge in [0.05, 0.1) is 0 Å². The maximum Gasteiger partial charge on any atom is 0.387 e. The van der Waals surface area contributed by atoms with Crippen LogP contribution < -0.4 is 10.1 Å². The van der Waals surface area contributed by atoms with Crippen molar-refractivity contribution in [1.29, 1.82) is 0 Å². The normalized spacial score (nSPS) is 11.5. The maximum absolute atomic E-state index is 11.9. The van der Waals surface area contributed by atoms with E-state index in [9.17, 15) is 13.6 Å². The highest BCUT2D eigenvalue weighted by Crippen LogP contribution is 2.18. The fourth-order valence-corrected chi connectivity index (χ4v) is 1.35. The van der Waals surface area contributed by atoms with Gasteiger partial charge in [-0.3, -0.25) is 4.79 Å². The van der Waals surface area contributed by atoms with Crippen molar-refractivity contribution in [3.05, 3.63) is 35.9 Å². The molecule has 18 heavy (non-hydrogen) atoms. The SMILES string of the molecule is CC/C=C(\C)C(=O)Nc1ccc(OC(F)F)cc1. The summed E-state index contributed by atoms with van der Waals surface area (Å²) in [6, 6.07) is 5.77. The molecule has 0 aliphatic heterocycles. The molecule has 0 unspecified atom stereocenters. The number of nitrogens with one attached hydrogen (secondary N) is 1. The molecule has 0 bridgehead atoms. The molecule has 0 aliphatic carbocycles. The Labute approximate surface area is 104 Å². The number of allylic oxidation sites excluding steroid dienone is 1. The summed E-state index contributed by atoms with van der Waals surface area (Å²) >= 11 is 0. The number of benzene rings is 1. The van der Waals surface area contributed by atoms with Gasteiger partial charge in [-0.25, -0.2) is 0 Å². The van der Waals surface area contributed by atoms with E-state index >= 15 is 0 Å². The molecule has 0 radical (unpaired) electrons. The first kappa shape index (κ1) is 14.2. The van der Waals surface area contributed by atoms with Crippen molar-refractivity contribution in [2.45, 2.75) is 26.9 Å². The fourth-order valence-electron chi connectivity index (χ4n) is 1.35. The summed E-state index contributed by atoms with van der Waals surface area (Å²) in [5.74, 6) is -0.150. The van der Waals surface area contributed by atoms with Gasteiger partial charge in [0.1, 0.15) is 5.75 Å². The topological polar surface area (TPSA) is 38.3 Å². The van der Waals surface area contributed by atoms with E-state index in [1.54, 1.807) is 6.92 Å². The third-order valence-electron chi connectivity index (χ3n) is 2.21. The molecule has 1 rings (SSSR count). The van der Waals surface area contributed by atoms with E-state index in [0.717, 1.165) is 6.42 Å². The number of alkyl halides is 2. The first-order valence-electron chi connectivity index (χ1n) is 5.56. The molecule has 3 nitrogen and oxygen atoms in total. The van der Waals surface area contributed by atoms with Gasteiger partial charge in [0.2, 0.25) is 0 Å². The van der Waals surface area contributed by atoms with E-state index in [4.69, 9.17) is 0 Å². The van der Waals surface area contributed by atoms with Gasteiger partial charge in [0.25, 0.3) is 5.91 Å². The van der Waals surface area contributed by atoms with Crippen LogP contribution in [0, 0.1) is 0 Å². The monoisotopic (exact) mass is 255 g/mol. The Morgan fingerprint density at radius 3 is 2.50 bits per heavy atom. The standard InChI is InChI=1S/C13H15F2NO2/c1-3-4-9(2)12(17)16-10-5-7-11(8-6-10)18-13(14)15/h4-8,13H,3H2,1-2H3,(H,16,17)/b9-4+. The quantitative estimate of drug-likeness (QED) is 0.816. The number of ether oxygens (including phenoxy) is 1. The lowest BCUT2D eigenvalue weighted by molar-refractivity contribution is -0.112. The number of hydrogen-bond donors (Lipinski definition) is 1. The molecule has 1 aromatic carbocycles. The van der Waals surface area contributed by atoms with Crippen molar-refractivity contribution >= 4 is 11.6 Å². The van der Waals surface area contributed by atoms with E-state index in [1.165, 1.54) is 24.3 Å². The number of amides is 1. The second kappa shape index (κ2) is 6.74. The van der Waals surface area contributed by atoms with Crippen molar-refractivity contribution in [2.75, 3.05) is 5.32 Å². The van der Waals surface area contributed by atoms with Crippen LogP contribution >= 0.6 is 0 Å². The van der Waals surface area contributed by atoms with Crippen molar-refractivity contribution in [3.8, 4) is 5.75 Å². The van der Waals surface area contributed by atoms with Gasteiger partial charge < -0.3 is 10.1 Å². The number of carbonyl (C=O) groups excluding carboxylic acids is 1. The lowest BCUT2D eigenvalue weighted by Gasteiger charge is -2.07. The summed E-state index contributed by atoms with van der Waals surface area (Å²) in [7, 11) is 0. The zero-order valence-corrected chi connectivity index (χ0v) is 10.2. The fraction of sp³-hybridized carbons (Fsp3) is 0.308. The second-order valence-electron chi connectivity index (χ2n) is 3.65. The Balaban J connectivity index is 2.64. The summed E-state index contributed by atoms with van der Waals surface area (Å²) in [6.45, 7) is 0.806. The molecule has 0 saturated carbocycles. The summed E-state index contributed by atoms with van der Waals surface area (Å²) in [6.07, 6.45) is 2.59. The molecule has 0 atom stereocenters. The molecular formula is C13H15F2NO2. The second-order valence-corrected chi connectivity index (χ2v) is 3.65. The average Bonchev–Trinajstić information content (AvgIpc) is 2.31. The van der Waals surface area contributed by atoms with E-state index in [0.29, 0.717) is 11.3 Å². The highest BCUT2D eigenvalue weighted by molar-refractivity contribution is 6.03. The number of rotatable bonds is 5. The van der Waals surface area contributed by atoms with Crippen LogP contribution in [0.5, 0.6) is 5.75 Å². The van der Waals surface area contributed by atoms with Gasteiger partial charge in [-0.1, -0.05) is 13.0 Å². The summed E-state index contributed by atoms with van der Waals surface area (Å²) in [4.78, 5) is 11.6. The predicted octanol–water partition coefficient (Wildman–Crippen LogP) is 3.58. The molecule has 1 amide bonds. The lowest BCUT2D eigenvalue weighted by Crippen LogP contribution is -2.12. The molecule has 0 saturated heterocycles. The van der Waals surface area contributed by atoms with Crippen LogP contribution in [0.1, 0.15) is 20.3 Å². The lowest BCUT2D eigenvalue weighted by atomic mass is 10.2. The number of halogens is 2. The highest BCUT2D eigenvalue weighted by Gasteiger charge is 2.06. The Hall–Kier alpha value is -1.91. The summed E-state index contributed by atoms with van der Waals surface area (Å²) < 4.78 is 28.0. The minimum Gasteiger partial charge on any atom is -0.435 e. The first-order valence-corrected chi connectivity index (χ1v) is 5.56. The molecular weight excluding hydrogens is 240 g/mol. The Bertz CT molecular complexity index is 427. The molecule has 0 aromatic heterocycles.